The Morgan fingerprint density at radius 2 is 1.86 bits per heavy atom. The zero-order valence-corrected chi connectivity index (χ0v) is 20.5. The van der Waals surface area contributed by atoms with Gasteiger partial charge in [-0.05, 0) is 45.2 Å². The summed E-state index contributed by atoms with van der Waals surface area (Å²) >= 11 is 0. The number of carbonyl (C=O) groups is 1. The number of hydrogen-bond donors (Lipinski definition) is 3. The first-order chi connectivity index (χ1) is 13.2. The van der Waals surface area contributed by atoms with Gasteiger partial charge in [-0.15, -0.1) is 24.0 Å². The number of benzene rings is 1. The minimum absolute atomic E-state index is 0. The summed E-state index contributed by atoms with van der Waals surface area (Å²) < 4.78 is 11.4. The van der Waals surface area contributed by atoms with E-state index in [-0.39, 0.29) is 42.0 Å². The quantitative estimate of drug-likeness (QED) is 0.303. The largest absolute Gasteiger partial charge is 0.490 e. The number of nitrogens with one attached hydrogen (secondary N) is 3. The summed E-state index contributed by atoms with van der Waals surface area (Å²) in [5.41, 5.74) is 0.552. The standard InChI is InChI=1S/C21H34N4O3.HI/c1-15(2)9-10-22-20(23-14-19(26)25-21(3,4)5)24-16-7-8-17-18(13-16)28-12-6-11-27-17;/h7-8,13,15H,6,9-12,14H2,1-5H3,(H,25,26)(H2,22,23,24);1H. The molecule has 8 heteroatoms. The van der Waals surface area contributed by atoms with E-state index in [0.29, 0.717) is 25.1 Å². The number of nitrogens with zero attached hydrogens (tertiary/aromatic N) is 1. The van der Waals surface area contributed by atoms with E-state index in [1.807, 2.05) is 39.0 Å². The van der Waals surface area contributed by atoms with Crippen LogP contribution in [0.4, 0.5) is 5.69 Å². The fourth-order valence-corrected chi connectivity index (χ4v) is 2.61. The van der Waals surface area contributed by atoms with Crippen LogP contribution in [0.15, 0.2) is 23.2 Å². The number of fused-ring (bicyclic) bond motifs is 1. The van der Waals surface area contributed by atoms with E-state index < -0.39 is 0 Å². The van der Waals surface area contributed by atoms with Crippen LogP contribution < -0.4 is 25.4 Å². The molecule has 0 aliphatic carbocycles. The van der Waals surface area contributed by atoms with Gasteiger partial charge in [0.15, 0.2) is 17.5 Å². The number of aliphatic imine (C=N–C) groups is 1. The number of amides is 1. The van der Waals surface area contributed by atoms with E-state index in [0.717, 1.165) is 36.6 Å². The highest BCUT2D eigenvalue weighted by molar-refractivity contribution is 14.0. The number of hydrogen-bond acceptors (Lipinski definition) is 4. The molecule has 0 bridgehead atoms. The van der Waals surface area contributed by atoms with Crippen LogP contribution in [0.25, 0.3) is 0 Å². The van der Waals surface area contributed by atoms with Crippen LogP contribution in [-0.4, -0.2) is 43.7 Å². The average Bonchev–Trinajstić information content (AvgIpc) is 2.82. The Morgan fingerprint density at radius 3 is 2.52 bits per heavy atom. The molecule has 0 atom stereocenters. The minimum atomic E-state index is -0.278. The molecule has 1 amide bonds. The lowest BCUT2D eigenvalue weighted by atomic mass is 10.1. The lowest BCUT2D eigenvalue weighted by Crippen LogP contribution is -2.42. The van der Waals surface area contributed by atoms with Crippen molar-refractivity contribution in [3.63, 3.8) is 0 Å². The molecule has 1 heterocycles. The molecule has 0 fully saturated rings. The van der Waals surface area contributed by atoms with E-state index in [4.69, 9.17) is 9.47 Å². The molecule has 1 aliphatic rings. The summed E-state index contributed by atoms with van der Waals surface area (Å²) in [5.74, 6) is 2.50. The number of anilines is 1. The number of carbonyl (C=O) groups excluding carboxylic acids is 1. The van der Waals surface area contributed by atoms with Gasteiger partial charge in [0.25, 0.3) is 0 Å². The third-order valence-corrected chi connectivity index (χ3v) is 3.92. The first kappa shape index (κ1) is 25.3. The second-order valence-electron chi connectivity index (χ2n) is 8.41. The van der Waals surface area contributed by atoms with Crippen molar-refractivity contribution in [2.24, 2.45) is 10.9 Å². The van der Waals surface area contributed by atoms with Crippen molar-refractivity contribution in [1.82, 2.24) is 10.6 Å². The highest BCUT2D eigenvalue weighted by atomic mass is 127. The van der Waals surface area contributed by atoms with Crippen molar-refractivity contribution in [2.45, 2.75) is 53.0 Å². The second kappa shape index (κ2) is 12.1. The van der Waals surface area contributed by atoms with Gasteiger partial charge in [0.05, 0.1) is 13.2 Å². The van der Waals surface area contributed by atoms with Gasteiger partial charge in [-0.3, -0.25) is 4.79 Å². The van der Waals surface area contributed by atoms with Crippen LogP contribution in [0, 0.1) is 5.92 Å². The van der Waals surface area contributed by atoms with E-state index in [9.17, 15) is 4.79 Å². The summed E-state index contributed by atoms with van der Waals surface area (Å²) in [5, 5.41) is 9.48. The lowest BCUT2D eigenvalue weighted by molar-refractivity contribution is -0.121. The van der Waals surface area contributed by atoms with Crippen molar-refractivity contribution < 1.29 is 14.3 Å². The molecule has 1 aromatic carbocycles. The van der Waals surface area contributed by atoms with Gasteiger partial charge in [0.2, 0.25) is 5.91 Å². The van der Waals surface area contributed by atoms with E-state index in [1.54, 1.807) is 0 Å². The van der Waals surface area contributed by atoms with Gasteiger partial charge in [0, 0.05) is 30.3 Å². The number of halogens is 1. The number of ether oxygens (including phenoxy) is 2. The average molecular weight is 518 g/mol. The molecule has 1 aromatic rings. The van der Waals surface area contributed by atoms with Gasteiger partial charge < -0.3 is 25.4 Å². The number of rotatable bonds is 6. The first-order valence-electron chi connectivity index (χ1n) is 9.99. The molecule has 0 saturated heterocycles. The maximum absolute atomic E-state index is 12.1. The minimum Gasteiger partial charge on any atom is -0.490 e. The molecule has 0 unspecified atom stereocenters. The van der Waals surface area contributed by atoms with E-state index in [2.05, 4.69) is 34.8 Å². The Balaban J connectivity index is 0.00000420. The van der Waals surface area contributed by atoms with Crippen LogP contribution in [0.3, 0.4) is 0 Å². The number of guanidine groups is 1. The zero-order chi connectivity index (χ0) is 20.6. The maximum Gasteiger partial charge on any atom is 0.242 e. The predicted octanol–water partition coefficient (Wildman–Crippen LogP) is 3.78. The van der Waals surface area contributed by atoms with Crippen LogP contribution >= 0.6 is 24.0 Å². The Kier molecular flexibility index (Phi) is 10.6. The molecule has 0 radical (unpaired) electrons. The van der Waals surface area contributed by atoms with Crippen LogP contribution in [0.2, 0.25) is 0 Å². The van der Waals surface area contributed by atoms with E-state index >= 15 is 0 Å². The molecule has 3 N–H and O–H groups in total. The normalized spacial score (nSPS) is 13.9. The third-order valence-electron chi connectivity index (χ3n) is 3.92. The summed E-state index contributed by atoms with van der Waals surface area (Å²) in [7, 11) is 0. The van der Waals surface area contributed by atoms with Crippen molar-refractivity contribution in [3.8, 4) is 11.5 Å². The molecule has 1 aliphatic heterocycles. The molecular formula is C21H35IN4O3. The van der Waals surface area contributed by atoms with Crippen molar-refractivity contribution >= 4 is 41.5 Å². The Bertz CT molecular complexity index is 687. The fourth-order valence-electron chi connectivity index (χ4n) is 2.61. The first-order valence-corrected chi connectivity index (χ1v) is 9.99. The second-order valence-corrected chi connectivity index (χ2v) is 8.41. The topological polar surface area (TPSA) is 84.0 Å². The highest BCUT2D eigenvalue weighted by Gasteiger charge is 2.14. The summed E-state index contributed by atoms with van der Waals surface area (Å²) in [4.78, 5) is 16.6. The summed E-state index contributed by atoms with van der Waals surface area (Å²) in [6, 6.07) is 5.71. The fraction of sp³-hybridized carbons (Fsp3) is 0.619. The summed E-state index contributed by atoms with van der Waals surface area (Å²) in [6.45, 7) is 12.3. The van der Waals surface area contributed by atoms with Gasteiger partial charge in [-0.25, -0.2) is 4.99 Å². The molecule has 0 aromatic heterocycles. The highest BCUT2D eigenvalue weighted by Crippen LogP contribution is 2.32. The van der Waals surface area contributed by atoms with Gasteiger partial charge >= 0.3 is 0 Å². The van der Waals surface area contributed by atoms with Crippen LogP contribution in [0.1, 0.15) is 47.5 Å². The maximum atomic E-state index is 12.1. The smallest absolute Gasteiger partial charge is 0.242 e. The molecule has 2 rings (SSSR count). The molecule has 164 valence electrons. The van der Waals surface area contributed by atoms with Gasteiger partial charge in [-0.2, -0.15) is 0 Å². The Morgan fingerprint density at radius 1 is 1.17 bits per heavy atom. The van der Waals surface area contributed by atoms with Gasteiger partial charge in [-0.1, -0.05) is 13.8 Å². The lowest BCUT2D eigenvalue weighted by Gasteiger charge is -2.20. The van der Waals surface area contributed by atoms with Crippen molar-refractivity contribution in [1.29, 1.82) is 0 Å². The molecule has 0 spiro atoms. The van der Waals surface area contributed by atoms with Gasteiger partial charge in [0.1, 0.15) is 6.54 Å². The molecular weight excluding hydrogens is 483 g/mol. The molecule has 7 nitrogen and oxygen atoms in total. The predicted molar refractivity (Wildman–Crippen MR) is 129 cm³/mol. The van der Waals surface area contributed by atoms with Crippen LogP contribution in [0.5, 0.6) is 11.5 Å². The Hall–Kier alpha value is -1.71. The third kappa shape index (κ3) is 10.0. The summed E-state index contributed by atoms with van der Waals surface area (Å²) in [6.07, 6.45) is 1.87. The monoisotopic (exact) mass is 518 g/mol. The van der Waals surface area contributed by atoms with E-state index in [1.165, 1.54) is 0 Å². The van der Waals surface area contributed by atoms with Crippen LogP contribution in [-0.2, 0) is 4.79 Å². The van der Waals surface area contributed by atoms with Crippen molar-refractivity contribution in [3.05, 3.63) is 18.2 Å². The SMILES string of the molecule is CC(C)CCNC(=NCC(=O)NC(C)(C)C)Nc1ccc2c(c1)OCCCO2.I. The molecule has 0 saturated carbocycles. The van der Waals surface area contributed by atoms with Crippen molar-refractivity contribution in [2.75, 3.05) is 31.6 Å². The molecule has 29 heavy (non-hydrogen) atoms. The zero-order valence-electron chi connectivity index (χ0n) is 18.1. The Labute approximate surface area is 191 Å².